The smallest absolute Gasteiger partial charge is 0.271 e. The van der Waals surface area contributed by atoms with Gasteiger partial charge in [0.25, 0.3) is 5.69 Å². The van der Waals surface area contributed by atoms with E-state index in [2.05, 4.69) is 19.2 Å². The monoisotopic (exact) mass is 242 g/mol. The lowest BCUT2D eigenvalue weighted by Crippen LogP contribution is -2.14. The first kappa shape index (κ1) is 12.8. The van der Waals surface area contributed by atoms with E-state index in [1.165, 1.54) is 12.1 Å². The fraction of sp³-hybridized carbons (Fsp3) is 0.455. The van der Waals surface area contributed by atoms with Crippen LogP contribution in [0.1, 0.15) is 26.7 Å². The summed E-state index contributed by atoms with van der Waals surface area (Å²) in [5.74, 6) is 0. The van der Waals surface area contributed by atoms with E-state index in [4.69, 9.17) is 11.6 Å². The zero-order valence-electron chi connectivity index (χ0n) is 9.37. The zero-order chi connectivity index (χ0) is 12.1. The number of nitrogens with zero attached hydrogens (tertiary/aromatic N) is 1. The average Bonchev–Trinajstić information content (AvgIpc) is 2.21. The number of hydrogen-bond acceptors (Lipinski definition) is 3. The van der Waals surface area contributed by atoms with Gasteiger partial charge in [0.15, 0.2) is 0 Å². The van der Waals surface area contributed by atoms with Crippen molar-refractivity contribution in [3.8, 4) is 0 Å². The minimum absolute atomic E-state index is 0.0127. The summed E-state index contributed by atoms with van der Waals surface area (Å²) in [4.78, 5) is 10.1. The molecule has 1 rings (SSSR count). The van der Waals surface area contributed by atoms with Gasteiger partial charge in [0.1, 0.15) is 0 Å². The number of hydrogen-bond donors (Lipinski definition) is 1. The maximum Gasteiger partial charge on any atom is 0.271 e. The Hall–Kier alpha value is -1.29. The highest BCUT2D eigenvalue weighted by Gasteiger charge is 2.10. The maximum atomic E-state index is 10.5. The average molecular weight is 243 g/mol. The van der Waals surface area contributed by atoms with Crippen molar-refractivity contribution in [3.05, 3.63) is 33.3 Å². The largest absolute Gasteiger partial charge is 0.381 e. The molecule has 1 aromatic carbocycles. The third kappa shape index (κ3) is 3.38. The normalized spacial score (nSPS) is 12.2. The molecule has 0 aliphatic rings. The van der Waals surface area contributed by atoms with Crippen LogP contribution in [0.2, 0.25) is 5.02 Å². The first-order chi connectivity index (χ1) is 7.54. The molecular weight excluding hydrogens is 228 g/mol. The number of benzene rings is 1. The molecule has 0 heterocycles. The highest BCUT2D eigenvalue weighted by Crippen LogP contribution is 2.27. The molecule has 0 aromatic heterocycles. The molecule has 0 aliphatic heterocycles. The van der Waals surface area contributed by atoms with Crippen LogP contribution in [0.25, 0.3) is 0 Å². The first-order valence-corrected chi connectivity index (χ1v) is 5.63. The van der Waals surface area contributed by atoms with Crippen molar-refractivity contribution in [3.63, 3.8) is 0 Å². The molecule has 0 aliphatic carbocycles. The Bertz CT molecular complexity index is 382. The number of non-ortho nitro benzene ring substituents is 1. The minimum atomic E-state index is -0.453. The summed E-state index contributed by atoms with van der Waals surface area (Å²) in [7, 11) is 0. The molecule has 0 bridgehead atoms. The number of anilines is 1. The van der Waals surface area contributed by atoms with Crippen LogP contribution in [-0.2, 0) is 0 Å². The van der Waals surface area contributed by atoms with Crippen molar-refractivity contribution < 1.29 is 4.92 Å². The number of rotatable bonds is 5. The minimum Gasteiger partial charge on any atom is -0.381 e. The molecule has 1 N–H and O–H groups in total. The quantitative estimate of drug-likeness (QED) is 0.630. The van der Waals surface area contributed by atoms with Gasteiger partial charge in [-0.1, -0.05) is 24.9 Å². The third-order valence-electron chi connectivity index (χ3n) is 2.29. The maximum absolute atomic E-state index is 10.5. The Morgan fingerprint density at radius 1 is 1.56 bits per heavy atom. The molecule has 4 nitrogen and oxygen atoms in total. The van der Waals surface area contributed by atoms with Gasteiger partial charge in [-0.15, -0.1) is 0 Å². The van der Waals surface area contributed by atoms with Crippen LogP contribution in [-0.4, -0.2) is 11.0 Å². The lowest BCUT2D eigenvalue weighted by molar-refractivity contribution is -0.384. The summed E-state index contributed by atoms with van der Waals surface area (Å²) in [6.07, 6.45) is 2.12. The van der Waals surface area contributed by atoms with Gasteiger partial charge in [0, 0.05) is 18.2 Å². The van der Waals surface area contributed by atoms with Crippen molar-refractivity contribution in [1.29, 1.82) is 0 Å². The number of nitro groups is 1. The van der Waals surface area contributed by atoms with E-state index >= 15 is 0 Å². The first-order valence-electron chi connectivity index (χ1n) is 5.25. The summed E-state index contributed by atoms with van der Waals surface area (Å²) >= 11 is 5.95. The molecule has 16 heavy (non-hydrogen) atoms. The zero-order valence-corrected chi connectivity index (χ0v) is 10.1. The molecule has 0 saturated carbocycles. The number of halogens is 1. The van der Waals surface area contributed by atoms with Crippen LogP contribution in [0, 0.1) is 10.1 Å². The Balaban J connectivity index is 2.79. The summed E-state index contributed by atoms with van der Waals surface area (Å²) in [5, 5.41) is 14.1. The standard InChI is InChI=1S/C11H15ClN2O2/c1-3-4-8(2)13-11-6-5-9(14(15)16)7-10(11)12/h5-8,13H,3-4H2,1-2H3. The van der Waals surface area contributed by atoms with Crippen molar-refractivity contribution in [1.82, 2.24) is 0 Å². The fourth-order valence-electron chi connectivity index (χ4n) is 1.51. The second kappa shape index (κ2) is 5.70. The van der Waals surface area contributed by atoms with Gasteiger partial charge >= 0.3 is 0 Å². The summed E-state index contributed by atoms with van der Waals surface area (Å²) < 4.78 is 0. The van der Waals surface area contributed by atoms with Gasteiger partial charge in [-0.05, 0) is 19.4 Å². The van der Waals surface area contributed by atoms with Gasteiger partial charge in [-0.25, -0.2) is 0 Å². The van der Waals surface area contributed by atoms with Crippen LogP contribution < -0.4 is 5.32 Å². The van der Waals surface area contributed by atoms with Gasteiger partial charge < -0.3 is 5.32 Å². The molecule has 0 amide bonds. The molecule has 1 unspecified atom stereocenters. The summed E-state index contributed by atoms with van der Waals surface area (Å²) in [6.45, 7) is 4.16. The second-order valence-corrected chi connectivity index (χ2v) is 4.16. The molecule has 88 valence electrons. The predicted molar refractivity (Wildman–Crippen MR) is 66.1 cm³/mol. The van der Waals surface area contributed by atoms with E-state index in [0.717, 1.165) is 18.5 Å². The van der Waals surface area contributed by atoms with Gasteiger partial charge in [0.2, 0.25) is 0 Å². The van der Waals surface area contributed by atoms with E-state index < -0.39 is 4.92 Å². The van der Waals surface area contributed by atoms with E-state index in [1.807, 2.05) is 0 Å². The molecule has 1 aromatic rings. The van der Waals surface area contributed by atoms with E-state index in [9.17, 15) is 10.1 Å². The van der Waals surface area contributed by atoms with Crippen molar-refractivity contribution >= 4 is 23.0 Å². The van der Waals surface area contributed by atoms with Crippen LogP contribution in [0.4, 0.5) is 11.4 Å². The van der Waals surface area contributed by atoms with E-state index in [1.54, 1.807) is 6.07 Å². The van der Waals surface area contributed by atoms with Crippen molar-refractivity contribution in [2.24, 2.45) is 0 Å². The highest BCUT2D eigenvalue weighted by molar-refractivity contribution is 6.33. The van der Waals surface area contributed by atoms with Crippen molar-refractivity contribution in [2.75, 3.05) is 5.32 Å². The van der Waals surface area contributed by atoms with Crippen LogP contribution in [0.3, 0.4) is 0 Å². The highest BCUT2D eigenvalue weighted by atomic mass is 35.5. The van der Waals surface area contributed by atoms with Gasteiger partial charge in [-0.3, -0.25) is 10.1 Å². The Kier molecular flexibility index (Phi) is 4.55. The van der Waals surface area contributed by atoms with Crippen molar-refractivity contribution in [2.45, 2.75) is 32.7 Å². The Morgan fingerprint density at radius 2 is 2.25 bits per heavy atom. The predicted octanol–water partition coefficient (Wildman–Crippen LogP) is 3.85. The lowest BCUT2D eigenvalue weighted by Gasteiger charge is -2.15. The Labute approximate surface area is 99.8 Å². The molecular formula is C11H15ClN2O2. The molecule has 1 atom stereocenters. The van der Waals surface area contributed by atoms with Crippen LogP contribution in [0.15, 0.2) is 18.2 Å². The Morgan fingerprint density at radius 3 is 2.75 bits per heavy atom. The van der Waals surface area contributed by atoms with Crippen LogP contribution in [0.5, 0.6) is 0 Å². The SMILES string of the molecule is CCCC(C)Nc1ccc([N+](=O)[O-])cc1Cl. The van der Waals surface area contributed by atoms with E-state index in [0.29, 0.717) is 11.1 Å². The van der Waals surface area contributed by atoms with Gasteiger partial charge in [-0.2, -0.15) is 0 Å². The number of nitrogens with one attached hydrogen (secondary N) is 1. The molecule has 5 heteroatoms. The molecule has 0 fully saturated rings. The van der Waals surface area contributed by atoms with Gasteiger partial charge in [0.05, 0.1) is 15.6 Å². The molecule has 0 saturated heterocycles. The second-order valence-electron chi connectivity index (χ2n) is 3.76. The lowest BCUT2D eigenvalue weighted by atomic mass is 10.2. The molecule has 0 radical (unpaired) electrons. The van der Waals surface area contributed by atoms with E-state index in [-0.39, 0.29) is 5.69 Å². The summed E-state index contributed by atoms with van der Waals surface area (Å²) in [6, 6.07) is 4.77. The number of nitro benzene ring substituents is 1. The molecule has 0 spiro atoms. The third-order valence-corrected chi connectivity index (χ3v) is 2.60. The fourth-order valence-corrected chi connectivity index (χ4v) is 1.73. The topological polar surface area (TPSA) is 55.2 Å². The van der Waals surface area contributed by atoms with Crippen LogP contribution >= 0.6 is 11.6 Å². The summed E-state index contributed by atoms with van der Waals surface area (Å²) in [5.41, 5.74) is 0.756.